The van der Waals surface area contributed by atoms with Gasteiger partial charge in [-0.3, -0.25) is 14.9 Å². The molecule has 0 aliphatic heterocycles. The van der Waals surface area contributed by atoms with Crippen LogP contribution in [-0.2, 0) is 4.79 Å². The van der Waals surface area contributed by atoms with Crippen LogP contribution in [-0.4, -0.2) is 25.1 Å². The van der Waals surface area contributed by atoms with Crippen molar-refractivity contribution < 1.29 is 19.2 Å². The van der Waals surface area contributed by atoms with Crippen LogP contribution in [0.2, 0.25) is 0 Å². The number of nitro groups is 1. The van der Waals surface area contributed by atoms with Gasteiger partial charge in [-0.2, -0.15) is 0 Å². The van der Waals surface area contributed by atoms with Crippen molar-refractivity contribution in [2.24, 2.45) is 0 Å². The van der Waals surface area contributed by atoms with Gasteiger partial charge in [0.2, 0.25) is 5.91 Å². The number of carbonyl (C=O) groups excluding carboxylic acids is 1. The lowest BCUT2D eigenvalue weighted by molar-refractivity contribution is -0.385. The van der Waals surface area contributed by atoms with Gasteiger partial charge in [0.15, 0.2) is 5.75 Å². The molecular formula is C17H15BrN2O5. The number of anilines is 1. The van der Waals surface area contributed by atoms with Crippen LogP contribution in [0.1, 0.15) is 5.56 Å². The topological polar surface area (TPSA) is 90.7 Å². The van der Waals surface area contributed by atoms with Crippen molar-refractivity contribution in [1.29, 1.82) is 0 Å². The second-order valence-corrected chi connectivity index (χ2v) is 5.77. The maximum atomic E-state index is 12.1. The van der Waals surface area contributed by atoms with E-state index in [1.165, 1.54) is 38.5 Å². The normalized spacial score (nSPS) is 10.5. The van der Waals surface area contributed by atoms with Crippen LogP contribution in [0.5, 0.6) is 11.5 Å². The van der Waals surface area contributed by atoms with Crippen LogP contribution in [0.25, 0.3) is 6.08 Å². The molecule has 8 heteroatoms. The number of hydrogen-bond donors (Lipinski definition) is 1. The second kappa shape index (κ2) is 8.29. The Hall–Kier alpha value is -2.87. The van der Waals surface area contributed by atoms with Crippen LogP contribution in [0.4, 0.5) is 11.4 Å². The van der Waals surface area contributed by atoms with Gasteiger partial charge in [0, 0.05) is 27.9 Å². The van der Waals surface area contributed by atoms with Gasteiger partial charge < -0.3 is 14.8 Å². The van der Waals surface area contributed by atoms with Crippen LogP contribution in [0, 0.1) is 10.1 Å². The molecule has 0 aliphatic carbocycles. The van der Waals surface area contributed by atoms with Crippen molar-refractivity contribution in [2.75, 3.05) is 19.5 Å². The monoisotopic (exact) mass is 406 g/mol. The van der Waals surface area contributed by atoms with E-state index in [1.54, 1.807) is 18.2 Å². The quantitative estimate of drug-likeness (QED) is 0.444. The first kappa shape index (κ1) is 18.5. The summed E-state index contributed by atoms with van der Waals surface area (Å²) in [6.07, 6.45) is 2.91. The minimum Gasteiger partial charge on any atom is -0.496 e. The summed E-state index contributed by atoms with van der Waals surface area (Å²) in [5, 5.41) is 13.6. The molecular weight excluding hydrogens is 392 g/mol. The summed E-state index contributed by atoms with van der Waals surface area (Å²) >= 11 is 3.36. The summed E-state index contributed by atoms with van der Waals surface area (Å²) in [4.78, 5) is 22.5. The predicted molar refractivity (Wildman–Crippen MR) is 98.0 cm³/mol. The number of carbonyl (C=O) groups is 1. The number of benzene rings is 2. The van der Waals surface area contributed by atoms with Crippen molar-refractivity contribution in [3.05, 3.63) is 62.6 Å². The lowest BCUT2D eigenvalue weighted by Gasteiger charge is -2.06. The molecule has 2 aromatic rings. The number of ether oxygens (including phenoxy) is 2. The first-order chi connectivity index (χ1) is 11.9. The third kappa shape index (κ3) is 4.80. The Balaban J connectivity index is 2.16. The van der Waals surface area contributed by atoms with Crippen molar-refractivity contribution >= 4 is 39.3 Å². The van der Waals surface area contributed by atoms with Crippen LogP contribution < -0.4 is 14.8 Å². The number of methoxy groups -OCH3 is 2. The van der Waals surface area contributed by atoms with Gasteiger partial charge in [0.1, 0.15) is 5.75 Å². The summed E-state index contributed by atoms with van der Waals surface area (Å²) in [7, 11) is 2.88. The minimum absolute atomic E-state index is 0.123. The van der Waals surface area contributed by atoms with E-state index >= 15 is 0 Å². The SMILES string of the molecule is COc1ccc(Br)cc1/C=C/C(=O)Nc1ccc(OC)c([N+](=O)[O-])c1. The molecule has 0 heterocycles. The number of halogens is 1. The maximum absolute atomic E-state index is 12.1. The Kier molecular flexibility index (Phi) is 6.13. The van der Waals surface area contributed by atoms with E-state index in [-0.39, 0.29) is 11.4 Å². The van der Waals surface area contributed by atoms with Crippen LogP contribution >= 0.6 is 15.9 Å². The first-order valence-electron chi connectivity index (χ1n) is 7.09. The molecule has 0 unspecified atom stereocenters. The van der Waals surface area contributed by atoms with Crippen LogP contribution in [0.15, 0.2) is 46.9 Å². The Labute approximate surface area is 152 Å². The molecule has 0 spiro atoms. The fraction of sp³-hybridized carbons (Fsp3) is 0.118. The van der Waals surface area contributed by atoms with Gasteiger partial charge in [-0.15, -0.1) is 0 Å². The maximum Gasteiger partial charge on any atom is 0.312 e. The molecule has 1 N–H and O–H groups in total. The highest BCUT2D eigenvalue weighted by atomic mass is 79.9. The summed E-state index contributed by atoms with van der Waals surface area (Å²) < 4.78 is 11.0. The zero-order valence-corrected chi connectivity index (χ0v) is 15.1. The summed E-state index contributed by atoms with van der Waals surface area (Å²) in [5.74, 6) is 0.311. The highest BCUT2D eigenvalue weighted by Crippen LogP contribution is 2.29. The number of amides is 1. The second-order valence-electron chi connectivity index (χ2n) is 4.85. The van der Waals surface area contributed by atoms with E-state index in [0.717, 1.165) is 4.47 Å². The average Bonchev–Trinajstić information content (AvgIpc) is 2.60. The largest absolute Gasteiger partial charge is 0.496 e. The van der Waals surface area contributed by atoms with E-state index in [9.17, 15) is 14.9 Å². The fourth-order valence-electron chi connectivity index (χ4n) is 2.10. The van der Waals surface area contributed by atoms with Gasteiger partial charge in [-0.1, -0.05) is 15.9 Å². The molecule has 7 nitrogen and oxygen atoms in total. The van der Waals surface area contributed by atoms with Crippen molar-refractivity contribution in [1.82, 2.24) is 0 Å². The van der Waals surface area contributed by atoms with E-state index in [2.05, 4.69) is 21.2 Å². The Morgan fingerprint density at radius 2 is 1.84 bits per heavy atom. The van der Waals surface area contributed by atoms with Crippen molar-refractivity contribution in [3.63, 3.8) is 0 Å². The fourth-order valence-corrected chi connectivity index (χ4v) is 2.47. The molecule has 2 aromatic carbocycles. The molecule has 0 aliphatic rings. The zero-order valence-electron chi connectivity index (χ0n) is 13.5. The standard InChI is InChI=1S/C17H15BrN2O5/c1-24-15-6-4-12(18)9-11(15)3-8-17(21)19-13-5-7-16(25-2)14(10-13)20(22)23/h3-10H,1-2H3,(H,19,21)/b8-3+. The number of hydrogen-bond acceptors (Lipinski definition) is 5. The summed E-state index contributed by atoms with van der Waals surface area (Å²) in [6, 6.07) is 9.60. The Bertz CT molecular complexity index is 836. The lowest BCUT2D eigenvalue weighted by atomic mass is 10.2. The third-order valence-electron chi connectivity index (χ3n) is 3.25. The molecule has 2 rings (SSSR count). The number of nitrogens with one attached hydrogen (secondary N) is 1. The summed E-state index contributed by atoms with van der Waals surface area (Å²) in [6.45, 7) is 0. The third-order valence-corrected chi connectivity index (χ3v) is 3.74. The van der Waals surface area contributed by atoms with E-state index < -0.39 is 10.8 Å². The highest BCUT2D eigenvalue weighted by Gasteiger charge is 2.15. The smallest absolute Gasteiger partial charge is 0.312 e. The molecule has 1 amide bonds. The number of nitrogens with zero attached hydrogens (tertiary/aromatic N) is 1. The molecule has 25 heavy (non-hydrogen) atoms. The van der Waals surface area contributed by atoms with E-state index in [0.29, 0.717) is 17.0 Å². The number of rotatable bonds is 6. The highest BCUT2D eigenvalue weighted by molar-refractivity contribution is 9.10. The Morgan fingerprint density at radius 1 is 1.16 bits per heavy atom. The molecule has 0 saturated carbocycles. The van der Waals surface area contributed by atoms with Gasteiger partial charge in [-0.25, -0.2) is 0 Å². The van der Waals surface area contributed by atoms with Gasteiger partial charge in [0.05, 0.1) is 19.1 Å². The summed E-state index contributed by atoms with van der Waals surface area (Å²) in [5.41, 5.74) is 0.786. The number of nitro benzene ring substituents is 1. The minimum atomic E-state index is -0.573. The van der Waals surface area contributed by atoms with Crippen molar-refractivity contribution in [2.45, 2.75) is 0 Å². The van der Waals surface area contributed by atoms with Crippen molar-refractivity contribution in [3.8, 4) is 11.5 Å². The first-order valence-corrected chi connectivity index (χ1v) is 7.89. The molecule has 130 valence electrons. The van der Waals surface area contributed by atoms with Gasteiger partial charge >= 0.3 is 5.69 Å². The molecule has 0 bridgehead atoms. The lowest BCUT2D eigenvalue weighted by Crippen LogP contribution is -2.08. The molecule has 0 saturated heterocycles. The van der Waals surface area contributed by atoms with Gasteiger partial charge in [-0.05, 0) is 36.4 Å². The zero-order chi connectivity index (χ0) is 18.4. The Morgan fingerprint density at radius 3 is 2.48 bits per heavy atom. The van der Waals surface area contributed by atoms with E-state index in [1.807, 2.05) is 6.07 Å². The molecule has 0 aromatic heterocycles. The molecule has 0 atom stereocenters. The predicted octanol–water partition coefficient (Wildman–Crippen LogP) is 4.03. The molecule has 0 radical (unpaired) electrons. The van der Waals surface area contributed by atoms with E-state index in [4.69, 9.17) is 9.47 Å². The molecule has 0 fully saturated rings. The van der Waals surface area contributed by atoms with Gasteiger partial charge in [0.25, 0.3) is 0 Å². The van der Waals surface area contributed by atoms with Crippen LogP contribution in [0.3, 0.4) is 0 Å². The average molecular weight is 407 g/mol.